The minimum atomic E-state index is -1.34. The van der Waals surface area contributed by atoms with Gasteiger partial charge >= 0.3 is 5.97 Å². The molecule has 0 fully saturated rings. The normalized spacial score (nSPS) is 17.4. The van der Waals surface area contributed by atoms with E-state index in [0.29, 0.717) is 6.42 Å². The van der Waals surface area contributed by atoms with Crippen LogP contribution in [0.3, 0.4) is 0 Å². The molecular weight excluding hydrogens is 400 g/mol. The topological polar surface area (TPSA) is 171 Å². The molecule has 0 heterocycles. The summed E-state index contributed by atoms with van der Waals surface area (Å²) in [5.74, 6) is -3.96. The summed E-state index contributed by atoms with van der Waals surface area (Å²) >= 11 is 4.04. The van der Waals surface area contributed by atoms with Gasteiger partial charge < -0.3 is 31.9 Å². The van der Waals surface area contributed by atoms with Gasteiger partial charge in [-0.25, -0.2) is 4.79 Å². The van der Waals surface area contributed by atoms with E-state index in [4.69, 9.17) is 5.73 Å². The number of aliphatic carboxylic acids is 1. The fraction of sp³-hybridized carbons (Fsp3) is 0.778. The first-order valence-corrected chi connectivity index (χ1v) is 10.2. The van der Waals surface area contributed by atoms with Crippen LogP contribution in [0.2, 0.25) is 0 Å². The van der Waals surface area contributed by atoms with Crippen molar-refractivity contribution in [2.24, 2.45) is 17.6 Å². The highest BCUT2D eigenvalue weighted by Gasteiger charge is 2.33. The molecule has 0 saturated heterocycles. The molecule has 0 radical (unpaired) electrons. The number of nitrogens with one attached hydrogen (secondary N) is 3. The number of hydrogen-bond acceptors (Lipinski definition) is 7. The highest BCUT2D eigenvalue weighted by molar-refractivity contribution is 7.80. The maximum Gasteiger partial charge on any atom is 0.326 e. The number of carboxylic acids is 1. The van der Waals surface area contributed by atoms with E-state index >= 15 is 0 Å². The summed E-state index contributed by atoms with van der Waals surface area (Å²) < 4.78 is 0. The van der Waals surface area contributed by atoms with Gasteiger partial charge in [-0.3, -0.25) is 14.4 Å². The van der Waals surface area contributed by atoms with Crippen molar-refractivity contribution in [2.75, 3.05) is 5.75 Å². The smallest absolute Gasteiger partial charge is 0.326 e. The Kier molecular flexibility index (Phi) is 11.8. The molecule has 7 N–H and O–H groups in total. The van der Waals surface area contributed by atoms with Gasteiger partial charge in [-0.15, -0.1) is 0 Å². The molecular formula is C18H34N4O6S. The van der Waals surface area contributed by atoms with Gasteiger partial charge in [0.1, 0.15) is 18.1 Å². The van der Waals surface area contributed by atoms with Crippen molar-refractivity contribution >= 4 is 36.3 Å². The second kappa shape index (κ2) is 12.7. The van der Waals surface area contributed by atoms with E-state index in [9.17, 15) is 29.4 Å². The summed E-state index contributed by atoms with van der Waals surface area (Å²) in [6, 6.07) is -4.50. The molecule has 0 aliphatic rings. The lowest BCUT2D eigenvalue weighted by Crippen LogP contribution is -2.60. The fourth-order valence-corrected chi connectivity index (χ4v) is 2.61. The zero-order valence-electron chi connectivity index (χ0n) is 17.5. The lowest BCUT2D eigenvalue weighted by molar-refractivity contribution is -0.143. The number of nitrogens with two attached hydrogens (primary N) is 1. The Morgan fingerprint density at radius 2 is 1.45 bits per heavy atom. The second-order valence-electron chi connectivity index (χ2n) is 7.45. The Morgan fingerprint density at radius 1 is 0.931 bits per heavy atom. The quantitative estimate of drug-likeness (QED) is 0.190. The Labute approximate surface area is 176 Å². The van der Waals surface area contributed by atoms with E-state index in [1.807, 2.05) is 0 Å². The van der Waals surface area contributed by atoms with E-state index < -0.39 is 54.0 Å². The zero-order chi connectivity index (χ0) is 22.9. The molecule has 3 amide bonds. The van der Waals surface area contributed by atoms with Crippen molar-refractivity contribution in [1.29, 1.82) is 0 Å². The third-order valence-corrected chi connectivity index (χ3v) is 5.04. The molecule has 0 aromatic rings. The first-order valence-electron chi connectivity index (χ1n) is 9.55. The second-order valence-corrected chi connectivity index (χ2v) is 7.82. The summed E-state index contributed by atoms with van der Waals surface area (Å²) in [5.41, 5.74) is 5.75. The molecule has 10 nitrogen and oxygen atoms in total. The summed E-state index contributed by atoms with van der Waals surface area (Å²) in [7, 11) is 0. The first-order chi connectivity index (χ1) is 13.4. The van der Waals surface area contributed by atoms with E-state index in [1.54, 1.807) is 27.7 Å². The summed E-state index contributed by atoms with van der Waals surface area (Å²) in [4.78, 5) is 48.5. The predicted octanol–water partition coefficient (Wildman–Crippen LogP) is -1.13. The molecule has 0 saturated carbocycles. The van der Waals surface area contributed by atoms with Crippen molar-refractivity contribution < 1.29 is 29.4 Å². The van der Waals surface area contributed by atoms with Gasteiger partial charge in [-0.05, 0) is 18.8 Å². The average molecular weight is 435 g/mol. The van der Waals surface area contributed by atoms with Crippen LogP contribution in [-0.2, 0) is 19.2 Å². The van der Waals surface area contributed by atoms with E-state index in [0.717, 1.165) is 0 Å². The van der Waals surface area contributed by atoms with Crippen LogP contribution < -0.4 is 21.7 Å². The number of carbonyl (C=O) groups excluding carboxylic acids is 3. The number of thiol groups is 1. The Balaban J connectivity index is 5.22. The number of aliphatic hydroxyl groups excluding tert-OH is 1. The lowest BCUT2D eigenvalue weighted by atomic mass is 9.99. The largest absolute Gasteiger partial charge is 0.480 e. The number of carboxylic acid groups (broad SMARTS) is 1. The van der Waals surface area contributed by atoms with E-state index in [2.05, 4.69) is 28.6 Å². The Bertz CT molecular complexity index is 587. The fourth-order valence-electron chi connectivity index (χ4n) is 2.35. The van der Waals surface area contributed by atoms with Gasteiger partial charge in [0.25, 0.3) is 0 Å². The number of aliphatic hydroxyl groups is 1. The standard InChI is InChI=1S/C18H34N4O6S/c1-6-9(4)13(18(27)28)21-15(24)11(7-29)20-17(26)14(10(5)23)22-16(25)12(19)8(2)3/h8-14,23,29H,6-7,19H2,1-5H3,(H,20,26)(H,21,24)(H,22,25)(H,27,28). The summed E-state index contributed by atoms with van der Waals surface area (Å²) in [6.45, 7) is 8.26. The summed E-state index contributed by atoms with van der Waals surface area (Å²) in [6.07, 6.45) is -0.727. The lowest BCUT2D eigenvalue weighted by Gasteiger charge is -2.27. The molecule has 0 aromatic carbocycles. The molecule has 0 rings (SSSR count). The highest BCUT2D eigenvalue weighted by atomic mass is 32.1. The third-order valence-electron chi connectivity index (χ3n) is 4.68. The van der Waals surface area contributed by atoms with Gasteiger partial charge in [-0.2, -0.15) is 12.6 Å². The Hall–Kier alpha value is -1.85. The number of hydrogen-bond donors (Lipinski definition) is 7. The van der Waals surface area contributed by atoms with Crippen LogP contribution in [0.25, 0.3) is 0 Å². The SMILES string of the molecule is CCC(C)C(NC(=O)C(CS)NC(=O)C(NC(=O)C(N)C(C)C)C(C)O)C(=O)O. The highest BCUT2D eigenvalue weighted by Crippen LogP contribution is 2.09. The van der Waals surface area contributed by atoms with Crippen LogP contribution in [0.4, 0.5) is 0 Å². The summed E-state index contributed by atoms with van der Waals surface area (Å²) in [5, 5.41) is 26.3. The van der Waals surface area contributed by atoms with Crippen molar-refractivity contribution in [3.8, 4) is 0 Å². The van der Waals surface area contributed by atoms with Crippen molar-refractivity contribution in [1.82, 2.24) is 16.0 Å². The van der Waals surface area contributed by atoms with E-state index in [-0.39, 0.29) is 17.6 Å². The van der Waals surface area contributed by atoms with Crippen LogP contribution >= 0.6 is 12.6 Å². The van der Waals surface area contributed by atoms with Crippen molar-refractivity contribution in [3.63, 3.8) is 0 Å². The van der Waals surface area contributed by atoms with Gasteiger partial charge in [-0.1, -0.05) is 34.1 Å². The van der Waals surface area contributed by atoms with Crippen LogP contribution in [0.5, 0.6) is 0 Å². The minimum Gasteiger partial charge on any atom is -0.480 e. The maximum atomic E-state index is 12.5. The van der Waals surface area contributed by atoms with Crippen LogP contribution in [0.15, 0.2) is 0 Å². The average Bonchev–Trinajstić information content (AvgIpc) is 2.65. The third kappa shape index (κ3) is 8.58. The van der Waals surface area contributed by atoms with E-state index in [1.165, 1.54) is 6.92 Å². The molecule has 0 bridgehead atoms. The number of rotatable bonds is 12. The van der Waals surface area contributed by atoms with Gasteiger partial charge in [0.15, 0.2) is 0 Å². The molecule has 6 unspecified atom stereocenters. The first kappa shape index (κ1) is 27.1. The minimum absolute atomic E-state index is 0.115. The molecule has 0 spiro atoms. The number of carbonyl (C=O) groups is 4. The van der Waals surface area contributed by atoms with Gasteiger partial charge in [0.05, 0.1) is 12.1 Å². The predicted molar refractivity (Wildman–Crippen MR) is 111 cm³/mol. The van der Waals surface area contributed by atoms with Crippen LogP contribution in [-0.4, -0.2) is 69.9 Å². The molecule has 11 heteroatoms. The van der Waals surface area contributed by atoms with Gasteiger partial charge in [0.2, 0.25) is 17.7 Å². The number of amides is 3. The Morgan fingerprint density at radius 3 is 1.83 bits per heavy atom. The van der Waals surface area contributed by atoms with Crippen LogP contribution in [0, 0.1) is 11.8 Å². The zero-order valence-corrected chi connectivity index (χ0v) is 18.4. The van der Waals surface area contributed by atoms with Gasteiger partial charge in [0, 0.05) is 5.75 Å². The molecule has 168 valence electrons. The molecule has 0 aliphatic heterocycles. The van der Waals surface area contributed by atoms with Crippen LogP contribution in [0.1, 0.15) is 41.0 Å². The molecule has 29 heavy (non-hydrogen) atoms. The molecule has 6 atom stereocenters. The monoisotopic (exact) mass is 434 g/mol. The maximum absolute atomic E-state index is 12.5. The van der Waals surface area contributed by atoms with Crippen molar-refractivity contribution in [2.45, 2.75) is 71.3 Å². The molecule has 0 aromatic heterocycles. The molecule has 0 aliphatic carbocycles. The van der Waals surface area contributed by atoms with Crippen molar-refractivity contribution in [3.05, 3.63) is 0 Å².